The normalized spacial score (nSPS) is 10.7. The van der Waals surface area contributed by atoms with Gasteiger partial charge in [-0.3, -0.25) is 9.48 Å². The van der Waals surface area contributed by atoms with Crippen LogP contribution in [0.2, 0.25) is 0 Å². The van der Waals surface area contributed by atoms with Crippen molar-refractivity contribution >= 4 is 17.7 Å². The lowest BCUT2D eigenvalue weighted by atomic mass is 10.5. The van der Waals surface area contributed by atoms with Crippen molar-refractivity contribution in [1.82, 2.24) is 24.5 Å². The second-order valence-electron chi connectivity index (χ2n) is 3.63. The van der Waals surface area contributed by atoms with Gasteiger partial charge in [-0.1, -0.05) is 11.8 Å². The smallest absolute Gasteiger partial charge is 0.313 e. The molecule has 0 aliphatic rings. The van der Waals surface area contributed by atoms with Gasteiger partial charge in [0.15, 0.2) is 5.16 Å². The third-order valence-corrected chi connectivity index (χ3v) is 3.29. The predicted octanol–water partition coefficient (Wildman–Crippen LogP) is 0.660. The molecule has 18 heavy (non-hydrogen) atoms. The number of hydrogen-bond acceptors (Lipinski definition) is 5. The van der Waals surface area contributed by atoms with Crippen LogP contribution in [0, 0.1) is 6.92 Å². The van der Waals surface area contributed by atoms with E-state index in [1.54, 1.807) is 6.20 Å². The van der Waals surface area contributed by atoms with Crippen molar-refractivity contribution in [3.05, 3.63) is 24.3 Å². The largest absolute Gasteiger partial charge is 0.481 e. The quantitative estimate of drug-likeness (QED) is 0.774. The molecular weight excluding hydrogens is 254 g/mol. The van der Waals surface area contributed by atoms with Gasteiger partial charge in [0.25, 0.3) is 0 Å². The Morgan fingerprint density at radius 1 is 1.44 bits per heavy atom. The lowest BCUT2D eigenvalue weighted by Crippen LogP contribution is -2.11. The van der Waals surface area contributed by atoms with E-state index in [0.29, 0.717) is 18.2 Å². The summed E-state index contributed by atoms with van der Waals surface area (Å²) in [6.45, 7) is 3.22. The van der Waals surface area contributed by atoms with E-state index in [1.807, 2.05) is 28.4 Å². The molecule has 0 unspecified atom stereocenters. The van der Waals surface area contributed by atoms with Gasteiger partial charge in [0.2, 0.25) is 0 Å². The van der Waals surface area contributed by atoms with Gasteiger partial charge in [-0.15, -0.1) is 10.2 Å². The minimum atomic E-state index is -0.862. The average molecular weight is 267 g/mol. The summed E-state index contributed by atoms with van der Waals surface area (Å²) in [5.41, 5.74) is 0. The number of nitrogens with zero attached hydrogens (tertiary/aromatic N) is 5. The van der Waals surface area contributed by atoms with E-state index in [1.165, 1.54) is 11.8 Å². The molecule has 0 bridgehead atoms. The lowest BCUT2D eigenvalue weighted by molar-refractivity contribution is -0.133. The molecule has 0 aliphatic carbocycles. The molecule has 0 fully saturated rings. The molecule has 0 aromatic carbocycles. The fraction of sp³-hybridized carbons (Fsp3) is 0.400. The van der Waals surface area contributed by atoms with Crippen LogP contribution in [-0.2, 0) is 17.9 Å². The number of carbonyl (C=O) groups is 1. The SMILES string of the molecule is Cc1nnc(SCC(=O)O)n1CCn1cccn1. The summed E-state index contributed by atoms with van der Waals surface area (Å²) in [4.78, 5) is 10.5. The minimum Gasteiger partial charge on any atom is -0.481 e. The van der Waals surface area contributed by atoms with Crippen LogP contribution in [-0.4, -0.2) is 41.4 Å². The molecule has 0 amide bonds. The Labute approximate surface area is 108 Å². The van der Waals surface area contributed by atoms with Gasteiger partial charge in [0.05, 0.1) is 12.3 Å². The maximum Gasteiger partial charge on any atom is 0.313 e. The Morgan fingerprint density at radius 2 is 2.28 bits per heavy atom. The molecule has 8 heteroatoms. The molecule has 2 rings (SSSR count). The van der Waals surface area contributed by atoms with Crippen molar-refractivity contribution in [1.29, 1.82) is 0 Å². The standard InChI is InChI=1S/C10H13N5O2S/c1-8-12-13-10(18-7-9(16)17)15(8)6-5-14-4-2-3-11-14/h2-4H,5-7H2,1H3,(H,16,17). The average Bonchev–Trinajstić information content (AvgIpc) is 2.94. The van der Waals surface area contributed by atoms with Gasteiger partial charge >= 0.3 is 5.97 Å². The minimum absolute atomic E-state index is 0.0140. The van der Waals surface area contributed by atoms with Crippen LogP contribution in [0.1, 0.15) is 5.82 Å². The third kappa shape index (κ3) is 3.10. The van der Waals surface area contributed by atoms with Gasteiger partial charge in [0, 0.05) is 18.9 Å². The van der Waals surface area contributed by atoms with Crippen LogP contribution in [0.3, 0.4) is 0 Å². The van der Waals surface area contributed by atoms with Crippen molar-refractivity contribution in [2.45, 2.75) is 25.2 Å². The topological polar surface area (TPSA) is 85.8 Å². The maximum atomic E-state index is 10.5. The zero-order valence-electron chi connectivity index (χ0n) is 9.85. The number of hydrogen-bond donors (Lipinski definition) is 1. The van der Waals surface area contributed by atoms with E-state index in [0.717, 1.165) is 5.82 Å². The Hall–Kier alpha value is -1.83. The van der Waals surface area contributed by atoms with E-state index >= 15 is 0 Å². The molecular formula is C10H13N5O2S. The van der Waals surface area contributed by atoms with Gasteiger partial charge in [0.1, 0.15) is 5.82 Å². The Bertz CT molecular complexity index is 522. The fourth-order valence-electron chi connectivity index (χ4n) is 1.49. The predicted molar refractivity (Wildman–Crippen MR) is 65.3 cm³/mol. The van der Waals surface area contributed by atoms with E-state index in [9.17, 15) is 4.79 Å². The number of aryl methyl sites for hydroxylation is 2. The maximum absolute atomic E-state index is 10.5. The number of thioether (sulfide) groups is 1. The summed E-state index contributed by atoms with van der Waals surface area (Å²) in [5.74, 6) is -0.103. The summed E-state index contributed by atoms with van der Waals surface area (Å²) in [6, 6.07) is 1.86. The van der Waals surface area contributed by atoms with Gasteiger partial charge < -0.3 is 9.67 Å². The summed E-state index contributed by atoms with van der Waals surface area (Å²) in [6.07, 6.45) is 3.60. The third-order valence-electron chi connectivity index (χ3n) is 2.34. The number of carboxylic acids is 1. The van der Waals surface area contributed by atoms with Gasteiger partial charge in [-0.05, 0) is 13.0 Å². The first-order chi connectivity index (χ1) is 8.66. The first-order valence-corrected chi connectivity index (χ1v) is 6.37. The molecule has 0 aliphatic heterocycles. The second kappa shape index (κ2) is 5.67. The zero-order chi connectivity index (χ0) is 13.0. The zero-order valence-corrected chi connectivity index (χ0v) is 10.7. The van der Waals surface area contributed by atoms with Crippen molar-refractivity contribution in [2.24, 2.45) is 0 Å². The Balaban J connectivity index is 2.02. The molecule has 0 radical (unpaired) electrons. The fourth-order valence-corrected chi connectivity index (χ4v) is 2.22. The molecule has 2 aromatic heterocycles. The molecule has 7 nitrogen and oxygen atoms in total. The first kappa shape index (κ1) is 12.6. The van der Waals surface area contributed by atoms with Crippen molar-refractivity contribution < 1.29 is 9.90 Å². The van der Waals surface area contributed by atoms with Crippen LogP contribution in [0.5, 0.6) is 0 Å². The van der Waals surface area contributed by atoms with Gasteiger partial charge in [-0.25, -0.2) is 0 Å². The second-order valence-corrected chi connectivity index (χ2v) is 4.58. The summed E-state index contributed by atoms with van der Waals surface area (Å²) in [7, 11) is 0. The number of rotatable bonds is 6. The Morgan fingerprint density at radius 3 is 2.94 bits per heavy atom. The van der Waals surface area contributed by atoms with E-state index in [2.05, 4.69) is 15.3 Å². The lowest BCUT2D eigenvalue weighted by Gasteiger charge is -2.07. The molecule has 2 aromatic rings. The molecule has 1 N–H and O–H groups in total. The molecule has 0 spiro atoms. The van der Waals surface area contributed by atoms with Crippen LogP contribution in [0.4, 0.5) is 0 Å². The van der Waals surface area contributed by atoms with Crippen molar-refractivity contribution in [2.75, 3.05) is 5.75 Å². The number of carboxylic acid groups (broad SMARTS) is 1. The highest BCUT2D eigenvalue weighted by atomic mass is 32.2. The van der Waals surface area contributed by atoms with Crippen LogP contribution >= 0.6 is 11.8 Å². The molecule has 2 heterocycles. The van der Waals surface area contributed by atoms with E-state index < -0.39 is 5.97 Å². The highest BCUT2D eigenvalue weighted by Crippen LogP contribution is 2.16. The highest BCUT2D eigenvalue weighted by molar-refractivity contribution is 7.99. The number of aliphatic carboxylic acids is 1. The molecule has 0 saturated carbocycles. The molecule has 0 atom stereocenters. The van der Waals surface area contributed by atoms with Crippen molar-refractivity contribution in [3.63, 3.8) is 0 Å². The van der Waals surface area contributed by atoms with Crippen LogP contribution < -0.4 is 0 Å². The molecule has 96 valence electrons. The van der Waals surface area contributed by atoms with Crippen LogP contribution in [0.25, 0.3) is 0 Å². The van der Waals surface area contributed by atoms with Gasteiger partial charge in [-0.2, -0.15) is 5.10 Å². The van der Waals surface area contributed by atoms with Crippen LogP contribution in [0.15, 0.2) is 23.6 Å². The summed E-state index contributed by atoms with van der Waals surface area (Å²) in [5, 5.41) is 21.3. The first-order valence-electron chi connectivity index (χ1n) is 5.38. The summed E-state index contributed by atoms with van der Waals surface area (Å²) >= 11 is 1.17. The molecule has 0 saturated heterocycles. The van der Waals surface area contributed by atoms with Crippen molar-refractivity contribution in [3.8, 4) is 0 Å². The Kier molecular flexibility index (Phi) is 3.98. The van der Waals surface area contributed by atoms with E-state index in [4.69, 9.17) is 5.11 Å². The highest BCUT2D eigenvalue weighted by Gasteiger charge is 2.11. The summed E-state index contributed by atoms with van der Waals surface area (Å²) < 4.78 is 3.71. The van der Waals surface area contributed by atoms with E-state index in [-0.39, 0.29) is 5.75 Å². The monoisotopic (exact) mass is 267 g/mol. The number of aromatic nitrogens is 5.